The second-order valence-electron chi connectivity index (χ2n) is 9.23. The van der Waals surface area contributed by atoms with Crippen LogP contribution in [0.1, 0.15) is 45.3 Å². The Hall–Kier alpha value is -3.84. The molecule has 2 N–H and O–H groups in total. The summed E-state index contributed by atoms with van der Waals surface area (Å²) in [7, 11) is 0. The zero-order valence-corrected chi connectivity index (χ0v) is 18.9. The van der Waals surface area contributed by atoms with Crippen molar-refractivity contribution in [3.63, 3.8) is 0 Å². The second kappa shape index (κ2) is 7.94. The number of aryl methyl sites for hydroxylation is 2. The van der Waals surface area contributed by atoms with Gasteiger partial charge in [0.25, 0.3) is 0 Å². The van der Waals surface area contributed by atoms with Crippen LogP contribution < -0.4 is 5.73 Å². The van der Waals surface area contributed by atoms with Gasteiger partial charge in [0.15, 0.2) is 5.41 Å². The minimum Gasteiger partial charge on any atom is -0.368 e. The lowest BCUT2D eigenvalue weighted by Gasteiger charge is -2.36. The van der Waals surface area contributed by atoms with Gasteiger partial charge in [0, 0.05) is 18.2 Å². The maximum atomic E-state index is 13.3. The number of hydrogen-bond acceptors (Lipinski definition) is 3. The molecule has 1 amide bonds. The van der Waals surface area contributed by atoms with Crippen molar-refractivity contribution in [1.29, 1.82) is 5.26 Å². The maximum Gasteiger partial charge on any atom is 0.241 e. The van der Waals surface area contributed by atoms with E-state index in [1.54, 1.807) is 0 Å². The Kier molecular flexibility index (Phi) is 5.06. The monoisotopic (exact) mass is 433 g/mol. The van der Waals surface area contributed by atoms with Crippen LogP contribution in [0.25, 0.3) is 6.08 Å². The van der Waals surface area contributed by atoms with Gasteiger partial charge in [-0.1, -0.05) is 78.4 Å². The van der Waals surface area contributed by atoms with Crippen molar-refractivity contribution in [3.05, 3.63) is 112 Å². The van der Waals surface area contributed by atoms with Crippen LogP contribution in [0.15, 0.2) is 79.0 Å². The van der Waals surface area contributed by atoms with Crippen LogP contribution in [0.5, 0.6) is 0 Å². The van der Waals surface area contributed by atoms with Crippen molar-refractivity contribution in [2.75, 3.05) is 0 Å². The van der Waals surface area contributed by atoms with Crippen LogP contribution >= 0.6 is 0 Å². The van der Waals surface area contributed by atoms with Crippen molar-refractivity contribution in [1.82, 2.24) is 4.90 Å². The number of amides is 1. The molecule has 164 valence electrons. The van der Waals surface area contributed by atoms with Crippen LogP contribution in [0, 0.1) is 30.6 Å². The highest BCUT2D eigenvalue weighted by Gasteiger charge is 2.64. The SMILES string of the molecule is Cc1ccc([C@@H]2[C@H](Cc3ccccc3)N3C=Cc4ccccc4[C@@H]3[C@]2(C#N)C(N)=O)c(C)c1. The Morgan fingerprint density at radius 1 is 1.03 bits per heavy atom. The Morgan fingerprint density at radius 3 is 2.45 bits per heavy atom. The molecule has 2 aliphatic heterocycles. The third-order valence-electron chi connectivity index (χ3n) is 7.35. The molecule has 3 aromatic rings. The molecular weight excluding hydrogens is 406 g/mol. The van der Waals surface area contributed by atoms with Crippen LogP contribution in [-0.4, -0.2) is 16.8 Å². The first-order valence-corrected chi connectivity index (χ1v) is 11.3. The van der Waals surface area contributed by atoms with Crippen LogP contribution in [-0.2, 0) is 11.2 Å². The number of nitrogens with two attached hydrogens (primary N) is 1. The van der Waals surface area contributed by atoms with E-state index in [9.17, 15) is 10.1 Å². The number of fused-ring (bicyclic) bond motifs is 3. The first-order chi connectivity index (χ1) is 16.0. The molecular formula is C29H27N3O. The predicted octanol–water partition coefficient (Wildman–Crippen LogP) is 5.03. The largest absolute Gasteiger partial charge is 0.368 e. The molecule has 0 aromatic heterocycles. The Bertz CT molecular complexity index is 1290. The molecule has 2 aliphatic rings. The minimum absolute atomic E-state index is 0.101. The Balaban J connectivity index is 1.78. The smallest absolute Gasteiger partial charge is 0.241 e. The lowest BCUT2D eigenvalue weighted by molar-refractivity contribution is -0.126. The van der Waals surface area contributed by atoms with Gasteiger partial charge in [-0.2, -0.15) is 5.26 Å². The van der Waals surface area contributed by atoms with Crippen molar-refractivity contribution < 1.29 is 4.79 Å². The molecule has 5 rings (SSSR count). The fraction of sp³-hybridized carbons (Fsp3) is 0.241. The zero-order valence-electron chi connectivity index (χ0n) is 18.9. The average Bonchev–Trinajstić information content (AvgIpc) is 3.10. The number of carbonyl (C=O) groups excluding carboxylic acids is 1. The fourth-order valence-electron chi connectivity index (χ4n) is 5.93. The lowest BCUT2D eigenvalue weighted by Crippen LogP contribution is -2.44. The van der Waals surface area contributed by atoms with E-state index in [4.69, 9.17) is 5.73 Å². The van der Waals surface area contributed by atoms with Gasteiger partial charge in [-0.3, -0.25) is 4.79 Å². The van der Waals surface area contributed by atoms with E-state index in [-0.39, 0.29) is 12.0 Å². The molecule has 0 radical (unpaired) electrons. The summed E-state index contributed by atoms with van der Waals surface area (Å²) in [6, 6.07) is 26.5. The van der Waals surface area contributed by atoms with Gasteiger partial charge in [0.2, 0.25) is 5.91 Å². The molecule has 1 fully saturated rings. The van der Waals surface area contributed by atoms with E-state index < -0.39 is 17.4 Å². The molecule has 4 nitrogen and oxygen atoms in total. The summed E-state index contributed by atoms with van der Waals surface area (Å²) in [6.07, 6.45) is 4.84. The number of rotatable bonds is 4. The zero-order chi connectivity index (χ0) is 23.2. The van der Waals surface area contributed by atoms with Crippen LogP contribution in [0.2, 0.25) is 0 Å². The normalized spacial score (nSPS) is 25.2. The van der Waals surface area contributed by atoms with E-state index in [0.29, 0.717) is 6.42 Å². The maximum absolute atomic E-state index is 13.3. The number of nitriles is 1. The summed E-state index contributed by atoms with van der Waals surface area (Å²) in [5, 5.41) is 10.7. The van der Waals surface area contributed by atoms with Crippen LogP contribution in [0.3, 0.4) is 0 Å². The van der Waals surface area contributed by atoms with Gasteiger partial charge in [0.05, 0.1) is 12.1 Å². The fourth-order valence-corrected chi connectivity index (χ4v) is 5.93. The molecule has 0 spiro atoms. The van der Waals surface area contributed by atoms with Crippen LogP contribution in [0.4, 0.5) is 0 Å². The third-order valence-corrected chi connectivity index (χ3v) is 7.35. The molecule has 0 aliphatic carbocycles. The Labute approximate surface area is 195 Å². The molecule has 0 unspecified atom stereocenters. The Morgan fingerprint density at radius 2 is 1.76 bits per heavy atom. The summed E-state index contributed by atoms with van der Waals surface area (Å²) in [5.74, 6) is -0.938. The van der Waals surface area contributed by atoms with E-state index in [0.717, 1.165) is 27.8 Å². The highest BCUT2D eigenvalue weighted by molar-refractivity contribution is 5.88. The summed E-state index contributed by atoms with van der Waals surface area (Å²) in [5.41, 5.74) is 11.2. The molecule has 33 heavy (non-hydrogen) atoms. The molecule has 4 atom stereocenters. The van der Waals surface area contributed by atoms with Gasteiger partial charge in [-0.05, 0) is 54.2 Å². The van der Waals surface area contributed by atoms with E-state index in [1.165, 1.54) is 5.56 Å². The van der Waals surface area contributed by atoms with Gasteiger partial charge >= 0.3 is 0 Å². The molecule has 0 bridgehead atoms. The first kappa shape index (κ1) is 21.0. The molecule has 2 heterocycles. The molecule has 3 aromatic carbocycles. The van der Waals surface area contributed by atoms with Gasteiger partial charge in [-0.25, -0.2) is 0 Å². The van der Waals surface area contributed by atoms with Crippen molar-refractivity contribution in [2.24, 2.45) is 11.1 Å². The summed E-state index contributed by atoms with van der Waals surface area (Å²) in [4.78, 5) is 15.5. The molecule has 0 saturated carbocycles. The third kappa shape index (κ3) is 3.15. The topological polar surface area (TPSA) is 70.1 Å². The standard InChI is InChI=1S/C29H27N3O/c1-19-12-13-23(20(2)16-19)26-25(17-21-8-4-3-5-9-21)32-15-14-22-10-6-7-11-24(22)27(32)29(26,18-30)28(31)33/h3-16,25-27H,17H2,1-2H3,(H2,31,33)/t25-,26+,27+,29+/m0/s1. The highest BCUT2D eigenvalue weighted by atomic mass is 16.1. The minimum atomic E-state index is -1.40. The number of benzene rings is 3. The number of hydrogen-bond donors (Lipinski definition) is 1. The predicted molar refractivity (Wildman–Crippen MR) is 130 cm³/mol. The van der Waals surface area contributed by atoms with Gasteiger partial charge in [-0.15, -0.1) is 0 Å². The number of primary amides is 1. The van der Waals surface area contributed by atoms with Crippen molar-refractivity contribution in [3.8, 4) is 6.07 Å². The summed E-state index contributed by atoms with van der Waals surface area (Å²) < 4.78 is 0. The number of nitrogens with zero attached hydrogens (tertiary/aromatic N) is 2. The van der Waals surface area contributed by atoms with E-state index >= 15 is 0 Å². The number of carbonyl (C=O) groups is 1. The van der Waals surface area contributed by atoms with E-state index in [2.05, 4.69) is 67.4 Å². The van der Waals surface area contributed by atoms with Gasteiger partial charge < -0.3 is 10.6 Å². The highest BCUT2D eigenvalue weighted by Crippen LogP contribution is 2.60. The summed E-state index contributed by atoms with van der Waals surface area (Å²) in [6.45, 7) is 4.12. The molecule has 4 heteroatoms. The second-order valence-corrected chi connectivity index (χ2v) is 9.23. The lowest BCUT2D eigenvalue weighted by atomic mass is 9.65. The van der Waals surface area contributed by atoms with Crippen molar-refractivity contribution in [2.45, 2.75) is 38.3 Å². The quantitative estimate of drug-likeness (QED) is 0.627. The van der Waals surface area contributed by atoms with Crippen molar-refractivity contribution >= 4 is 12.0 Å². The van der Waals surface area contributed by atoms with E-state index in [1.807, 2.05) is 42.5 Å². The van der Waals surface area contributed by atoms with Gasteiger partial charge in [0.1, 0.15) is 0 Å². The average molecular weight is 434 g/mol. The first-order valence-electron chi connectivity index (χ1n) is 11.3. The summed E-state index contributed by atoms with van der Waals surface area (Å²) >= 11 is 0. The molecule has 1 saturated heterocycles.